The lowest BCUT2D eigenvalue weighted by molar-refractivity contribution is -0.137. The topological polar surface area (TPSA) is 101 Å². The van der Waals surface area contributed by atoms with Gasteiger partial charge in [0.1, 0.15) is 17.3 Å². The van der Waals surface area contributed by atoms with E-state index in [2.05, 4.69) is 15.6 Å². The Hall–Kier alpha value is -4.03. The number of carbonyl (C=O) groups excluding carboxylic acids is 2. The monoisotopic (exact) mass is 559 g/mol. The van der Waals surface area contributed by atoms with E-state index in [1.807, 2.05) is 0 Å². The molecular weight excluding hydrogens is 538 g/mol. The summed E-state index contributed by atoms with van der Waals surface area (Å²) in [4.78, 5) is 28.9. The second kappa shape index (κ2) is 10.6. The molecule has 1 aliphatic carbocycles. The number of thiazole rings is 1. The average Bonchev–Trinajstić information content (AvgIpc) is 3.66. The second-order valence-electron chi connectivity index (χ2n) is 9.00. The number of nitrogens with one attached hydrogen (secondary N) is 2. The van der Waals surface area contributed by atoms with Crippen LogP contribution in [0.5, 0.6) is 11.5 Å². The van der Waals surface area contributed by atoms with Gasteiger partial charge in [0.2, 0.25) is 11.8 Å². The third-order valence-corrected chi connectivity index (χ3v) is 7.06. The highest BCUT2D eigenvalue weighted by Gasteiger charge is 2.31. The van der Waals surface area contributed by atoms with E-state index < -0.39 is 36.5 Å². The fourth-order valence-corrected chi connectivity index (χ4v) is 4.90. The van der Waals surface area contributed by atoms with Crippen molar-refractivity contribution in [2.45, 2.75) is 32.0 Å². The van der Waals surface area contributed by atoms with Crippen LogP contribution in [-0.2, 0) is 28.8 Å². The number of rotatable bonds is 8. The molecule has 1 aliphatic rings. The smallest absolute Gasteiger partial charge is 0.416 e. The van der Waals surface area contributed by atoms with Gasteiger partial charge in [0.25, 0.3) is 0 Å². The van der Waals surface area contributed by atoms with Crippen LogP contribution in [0.2, 0.25) is 0 Å². The molecule has 1 fully saturated rings. The van der Waals surface area contributed by atoms with Crippen molar-refractivity contribution in [1.29, 1.82) is 0 Å². The third kappa shape index (κ3) is 6.18. The molecule has 1 aromatic heterocycles. The summed E-state index contributed by atoms with van der Waals surface area (Å²) in [5.74, 6) is -1.16. The Morgan fingerprint density at radius 1 is 1.08 bits per heavy atom. The van der Waals surface area contributed by atoms with Gasteiger partial charge in [-0.2, -0.15) is 13.2 Å². The molecule has 4 aromatic rings. The van der Waals surface area contributed by atoms with Gasteiger partial charge in [-0.1, -0.05) is 29.5 Å². The van der Waals surface area contributed by atoms with Crippen molar-refractivity contribution in [2.24, 2.45) is 5.92 Å². The number of ether oxygens (including phenoxy) is 1. The van der Waals surface area contributed by atoms with Crippen molar-refractivity contribution in [3.8, 4) is 11.5 Å². The Labute approximate surface area is 223 Å². The van der Waals surface area contributed by atoms with E-state index in [0.29, 0.717) is 20.9 Å². The standard InChI is InChI=1S/C27H21F4N3O4S/c28-19-7-6-17(12-21(19)32-23(36)11-14-2-1-3-16(10-14)27(29,30)31)38-22-9-8-20-24(18(22)13-35)39-26(33-20)34-25(37)15-4-5-15/h1-3,6-10,12,15,35H,4-5,11,13H2,(H,32,36)(H,33,34,37). The molecule has 12 heteroatoms. The average molecular weight is 560 g/mol. The number of hydrogen-bond acceptors (Lipinski definition) is 6. The normalized spacial score (nSPS) is 13.4. The highest BCUT2D eigenvalue weighted by atomic mass is 32.1. The van der Waals surface area contributed by atoms with Gasteiger partial charge in [0, 0.05) is 17.5 Å². The SMILES string of the molecule is O=C(Cc1cccc(C(F)(F)F)c1)Nc1cc(Oc2ccc3nc(NC(=O)C4CC4)sc3c2CO)ccc1F. The van der Waals surface area contributed by atoms with Crippen LogP contribution in [0.1, 0.15) is 29.5 Å². The number of nitrogens with zero attached hydrogens (tertiary/aromatic N) is 1. The Morgan fingerprint density at radius 3 is 2.59 bits per heavy atom. The van der Waals surface area contributed by atoms with Gasteiger partial charge >= 0.3 is 6.18 Å². The van der Waals surface area contributed by atoms with Gasteiger partial charge in [0.15, 0.2) is 5.13 Å². The van der Waals surface area contributed by atoms with Crippen LogP contribution >= 0.6 is 11.3 Å². The van der Waals surface area contributed by atoms with E-state index in [4.69, 9.17) is 4.74 Å². The molecule has 0 saturated heterocycles. The Kier molecular flexibility index (Phi) is 7.23. The Bertz CT molecular complexity index is 1570. The van der Waals surface area contributed by atoms with Crippen molar-refractivity contribution < 1.29 is 37.0 Å². The molecule has 0 radical (unpaired) electrons. The highest BCUT2D eigenvalue weighted by molar-refractivity contribution is 7.22. The maximum Gasteiger partial charge on any atom is 0.416 e. The Morgan fingerprint density at radius 2 is 1.87 bits per heavy atom. The maximum absolute atomic E-state index is 14.4. The van der Waals surface area contributed by atoms with Crippen molar-refractivity contribution in [1.82, 2.24) is 4.98 Å². The summed E-state index contributed by atoms with van der Waals surface area (Å²) < 4.78 is 59.8. The van der Waals surface area contributed by atoms with Gasteiger partial charge in [0.05, 0.1) is 34.5 Å². The van der Waals surface area contributed by atoms with Crippen molar-refractivity contribution in [3.05, 3.63) is 77.1 Å². The number of fused-ring (bicyclic) bond motifs is 1. The van der Waals surface area contributed by atoms with E-state index in [-0.39, 0.29) is 34.6 Å². The van der Waals surface area contributed by atoms with E-state index in [1.54, 1.807) is 12.1 Å². The molecular formula is C27H21F4N3O4S. The minimum Gasteiger partial charge on any atom is -0.457 e. The van der Waals surface area contributed by atoms with Crippen molar-refractivity contribution in [2.75, 3.05) is 10.6 Å². The summed E-state index contributed by atoms with van der Waals surface area (Å²) in [5.41, 5.74) is -0.0165. The van der Waals surface area contributed by atoms with Crippen molar-refractivity contribution >= 4 is 44.2 Å². The number of benzene rings is 3. The first kappa shape index (κ1) is 26.6. The van der Waals surface area contributed by atoms with Gasteiger partial charge in [-0.3, -0.25) is 9.59 Å². The summed E-state index contributed by atoms with van der Waals surface area (Å²) in [6.07, 6.45) is -3.25. The van der Waals surface area contributed by atoms with Gasteiger partial charge in [-0.25, -0.2) is 9.37 Å². The fraction of sp³-hybridized carbons (Fsp3) is 0.222. The number of aliphatic hydroxyl groups excluding tert-OH is 1. The summed E-state index contributed by atoms with van der Waals surface area (Å²) >= 11 is 1.19. The van der Waals surface area contributed by atoms with E-state index in [0.717, 1.165) is 31.0 Å². The van der Waals surface area contributed by atoms with Gasteiger partial charge < -0.3 is 20.5 Å². The molecule has 2 amide bonds. The molecule has 5 rings (SSSR count). The molecule has 202 valence electrons. The van der Waals surface area contributed by atoms with Crippen molar-refractivity contribution in [3.63, 3.8) is 0 Å². The van der Waals surface area contributed by atoms with Crippen LogP contribution in [0, 0.1) is 11.7 Å². The predicted molar refractivity (Wildman–Crippen MR) is 137 cm³/mol. The molecule has 0 bridgehead atoms. The molecule has 1 saturated carbocycles. The fourth-order valence-electron chi connectivity index (χ4n) is 3.91. The lowest BCUT2D eigenvalue weighted by Gasteiger charge is -2.13. The largest absolute Gasteiger partial charge is 0.457 e. The summed E-state index contributed by atoms with van der Waals surface area (Å²) in [5, 5.41) is 15.6. The first-order chi connectivity index (χ1) is 18.6. The molecule has 0 unspecified atom stereocenters. The molecule has 3 aromatic carbocycles. The summed E-state index contributed by atoms with van der Waals surface area (Å²) in [6, 6.07) is 11.2. The lowest BCUT2D eigenvalue weighted by atomic mass is 10.1. The number of amides is 2. The van der Waals surface area contributed by atoms with Crippen LogP contribution in [0.4, 0.5) is 28.4 Å². The molecule has 0 spiro atoms. The van der Waals surface area contributed by atoms with Crippen LogP contribution < -0.4 is 15.4 Å². The number of aliphatic hydroxyl groups is 1. The number of hydrogen-bond donors (Lipinski definition) is 3. The zero-order chi connectivity index (χ0) is 27.7. The molecule has 7 nitrogen and oxygen atoms in total. The number of halogens is 4. The zero-order valence-electron chi connectivity index (χ0n) is 20.1. The third-order valence-electron chi connectivity index (χ3n) is 6.01. The first-order valence-electron chi connectivity index (χ1n) is 11.9. The highest BCUT2D eigenvalue weighted by Crippen LogP contribution is 2.38. The Balaban J connectivity index is 1.32. The predicted octanol–water partition coefficient (Wildman–Crippen LogP) is 6.27. The van der Waals surface area contributed by atoms with E-state index in [1.165, 1.54) is 35.6 Å². The second-order valence-corrected chi connectivity index (χ2v) is 10.00. The minimum atomic E-state index is -4.55. The van der Waals surface area contributed by atoms with Crippen LogP contribution in [-0.4, -0.2) is 21.9 Å². The molecule has 3 N–H and O–H groups in total. The molecule has 1 heterocycles. The number of anilines is 2. The number of alkyl halides is 3. The first-order valence-corrected chi connectivity index (χ1v) is 12.7. The van der Waals surface area contributed by atoms with Crippen LogP contribution in [0.3, 0.4) is 0 Å². The van der Waals surface area contributed by atoms with Crippen LogP contribution in [0.15, 0.2) is 54.6 Å². The summed E-state index contributed by atoms with van der Waals surface area (Å²) in [7, 11) is 0. The minimum absolute atomic E-state index is 0.00596. The maximum atomic E-state index is 14.4. The number of carbonyl (C=O) groups is 2. The van der Waals surface area contributed by atoms with E-state index >= 15 is 0 Å². The van der Waals surface area contributed by atoms with Crippen LogP contribution in [0.25, 0.3) is 10.2 Å². The summed E-state index contributed by atoms with van der Waals surface area (Å²) in [6.45, 7) is -0.396. The molecule has 0 aliphatic heterocycles. The zero-order valence-corrected chi connectivity index (χ0v) is 21.0. The van der Waals surface area contributed by atoms with Gasteiger partial charge in [-0.05, 0) is 48.7 Å². The lowest BCUT2D eigenvalue weighted by Crippen LogP contribution is -2.16. The van der Waals surface area contributed by atoms with E-state index in [9.17, 15) is 32.3 Å². The molecule has 39 heavy (non-hydrogen) atoms. The van der Waals surface area contributed by atoms with Gasteiger partial charge in [-0.15, -0.1) is 0 Å². The number of aromatic nitrogens is 1. The quantitative estimate of drug-likeness (QED) is 0.221. The molecule has 0 atom stereocenters.